The Morgan fingerprint density at radius 2 is 1.88 bits per heavy atom. The number of nitrogens with zero attached hydrogens (tertiary/aromatic N) is 1. The Hall–Kier alpha value is -3.59. The first-order valence-corrected chi connectivity index (χ1v) is 7.11. The van der Waals surface area contributed by atoms with Crippen molar-refractivity contribution in [2.24, 2.45) is 0 Å². The number of carbonyl (C=O) groups is 2. The third kappa shape index (κ3) is 3.42. The van der Waals surface area contributed by atoms with Crippen LogP contribution in [0.15, 0.2) is 59.0 Å². The number of hydrogen-bond donors (Lipinski definition) is 1. The molecule has 1 amide bonds. The lowest BCUT2D eigenvalue weighted by Gasteiger charge is -2.05. The molecule has 6 heteroatoms. The van der Waals surface area contributed by atoms with Gasteiger partial charge in [-0.25, -0.2) is 4.79 Å². The van der Waals surface area contributed by atoms with E-state index in [-0.39, 0.29) is 5.76 Å². The first kappa shape index (κ1) is 15.3. The highest BCUT2D eigenvalue weighted by Gasteiger charge is 2.15. The van der Waals surface area contributed by atoms with Crippen LogP contribution in [0.3, 0.4) is 0 Å². The van der Waals surface area contributed by atoms with Gasteiger partial charge < -0.3 is 14.5 Å². The molecular weight excluding hydrogens is 308 g/mol. The fourth-order valence-electron chi connectivity index (χ4n) is 2.11. The average Bonchev–Trinajstić information content (AvgIpc) is 3.04. The summed E-state index contributed by atoms with van der Waals surface area (Å²) < 4.78 is 10.3. The average molecular weight is 320 g/mol. The maximum Gasteiger partial charge on any atom is 0.374 e. The number of amides is 1. The zero-order valence-electron chi connectivity index (χ0n) is 12.5. The van der Waals surface area contributed by atoms with Gasteiger partial charge in [0.1, 0.15) is 5.58 Å². The molecular formula is C18H12N2O4. The van der Waals surface area contributed by atoms with Crippen LogP contribution >= 0.6 is 0 Å². The van der Waals surface area contributed by atoms with Crippen LogP contribution in [0, 0.1) is 11.3 Å². The van der Waals surface area contributed by atoms with Crippen molar-refractivity contribution >= 4 is 28.5 Å². The van der Waals surface area contributed by atoms with Crippen molar-refractivity contribution in [1.82, 2.24) is 0 Å². The molecule has 0 aliphatic rings. The number of furan rings is 1. The number of esters is 1. The Morgan fingerprint density at radius 3 is 2.58 bits per heavy atom. The minimum Gasteiger partial charge on any atom is -0.450 e. The lowest BCUT2D eigenvalue weighted by molar-refractivity contribution is -0.119. The number of nitriles is 1. The number of hydrogen-bond acceptors (Lipinski definition) is 5. The summed E-state index contributed by atoms with van der Waals surface area (Å²) in [6.07, 6.45) is 0. The molecule has 24 heavy (non-hydrogen) atoms. The van der Waals surface area contributed by atoms with Crippen LogP contribution in [0.5, 0.6) is 0 Å². The summed E-state index contributed by atoms with van der Waals surface area (Å²) in [5.41, 5.74) is 1.58. The molecule has 0 fully saturated rings. The molecule has 118 valence electrons. The monoisotopic (exact) mass is 320 g/mol. The summed E-state index contributed by atoms with van der Waals surface area (Å²) in [5.74, 6) is -1.15. The molecule has 1 heterocycles. The van der Waals surface area contributed by atoms with E-state index in [2.05, 4.69) is 5.32 Å². The van der Waals surface area contributed by atoms with Gasteiger partial charge in [0.15, 0.2) is 6.61 Å². The van der Waals surface area contributed by atoms with Gasteiger partial charge in [-0.05, 0) is 36.4 Å². The van der Waals surface area contributed by atoms with Crippen LogP contribution in [0.1, 0.15) is 16.1 Å². The second-order valence-electron chi connectivity index (χ2n) is 4.96. The summed E-state index contributed by atoms with van der Waals surface area (Å²) in [6, 6.07) is 17.1. The van der Waals surface area contributed by atoms with Crippen molar-refractivity contribution in [3.63, 3.8) is 0 Å². The number of rotatable bonds is 4. The largest absolute Gasteiger partial charge is 0.450 e. The predicted molar refractivity (Wildman–Crippen MR) is 86.3 cm³/mol. The number of nitrogens with one attached hydrogen (secondary N) is 1. The van der Waals surface area contributed by atoms with Gasteiger partial charge >= 0.3 is 5.97 Å². The Labute approximate surface area is 137 Å². The van der Waals surface area contributed by atoms with Gasteiger partial charge in [0.05, 0.1) is 11.6 Å². The normalized spacial score (nSPS) is 10.1. The summed E-state index contributed by atoms with van der Waals surface area (Å²) in [7, 11) is 0. The standard InChI is InChI=1S/C18H12N2O4/c19-10-12-5-7-14(8-6-12)20-17(21)11-23-18(22)16-9-13-3-1-2-4-15(13)24-16/h1-9H,11H2,(H,20,21). The minimum absolute atomic E-state index is 0.0439. The van der Waals surface area contributed by atoms with Crippen molar-refractivity contribution in [1.29, 1.82) is 5.26 Å². The summed E-state index contributed by atoms with van der Waals surface area (Å²) in [5, 5.41) is 12.1. The van der Waals surface area contributed by atoms with E-state index in [0.717, 1.165) is 5.39 Å². The first-order chi connectivity index (χ1) is 11.7. The van der Waals surface area contributed by atoms with Crippen LogP contribution < -0.4 is 5.32 Å². The van der Waals surface area contributed by atoms with E-state index in [0.29, 0.717) is 16.8 Å². The van der Waals surface area contributed by atoms with Gasteiger partial charge in [-0.15, -0.1) is 0 Å². The van der Waals surface area contributed by atoms with Crippen LogP contribution in [0.2, 0.25) is 0 Å². The fraction of sp³-hybridized carbons (Fsp3) is 0.0556. The second kappa shape index (κ2) is 6.67. The molecule has 3 aromatic rings. The zero-order valence-corrected chi connectivity index (χ0v) is 12.5. The minimum atomic E-state index is -0.707. The third-order valence-corrected chi connectivity index (χ3v) is 3.26. The molecule has 2 aromatic carbocycles. The van der Waals surface area contributed by atoms with E-state index in [1.165, 1.54) is 0 Å². The predicted octanol–water partition coefficient (Wildman–Crippen LogP) is 3.10. The smallest absolute Gasteiger partial charge is 0.374 e. The van der Waals surface area contributed by atoms with Crippen LogP contribution in [-0.4, -0.2) is 18.5 Å². The van der Waals surface area contributed by atoms with E-state index < -0.39 is 18.5 Å². The van der Waals surface area contributed by atoms with Crippen LogP contribution in [0.25, 0.3) is 11.0 Å². The highest BCUT2D eigenvalue weighted by Crippen LogP contribution is 2.19. The lowest BCUT2D eigenvalue weighted by atomic mass is 10.2. The first-order valence-electron chi connectivity index (χ1n) is 7.11. The van der Waals surface area contributed by atoms with Crippen LogP contribution in [0.4, 0.5) is 5.69 Å². The van der Waals surface area contributed by atoms with E-state index in [1.807, 2.05) is 18.2 Å². The van der Waals surface area contributed by atoms with Gasteiger partial charge in [0, 0.05) is 11.1 Å². The van der Waals surface area contributed by atoms with Gasteiger partial charge in [0.2, 0.25) is 5.76 Å². The Bertz CT molecular complexity index is 903. The quantitative estimate of drug-likeness (QED) is 0.746. The molecule has 1 N–H and O–H groups in total. The summed E-state index contributed by atoms with van der Waals surface area (Å²) in [6.45, 7) is -0.435. The number of carbonyl (C=O) groups excluding carboxylic acids is 2. The molecule has 0 spiro atoms. The fourth-order valence-corrected chi connectivity index (χ4v) is 2.11. The molecule has 6 nitrogen and oxygen atoms in total. The second-order valence-corrected chi connectivity index (χ2v) is 4.96. The van der Waals surface area contributed by atoms with Gasteiger partial charge in [-0.3, -0.25) is 4.79 Å². The molecule has 0 radical (unpaired) electrons. The van der Waals surface area contributed by atoms with Gasteiger partial charge in [0.25, 0.3) is 5.91 Å². The maximum absolute atomic E-state index is 11.9. The molecule has 1 aromatic heterocycles. The molecule has 3 rings (SSSR count). The number of anilines is 1. The molecule has 0 atom stereocenters. The van der Waals surface area contributed by atoms with Gasteiger partial charge in [-0.1, -0.05) is 18.2 Å². The molecule has 0 aliphatic heterocycles. The number of para-hydroxylation sites is 1. The van der Waals surface area contributed by atoms with E-state index in [1.54, 1.807) is 42.5 Å². The third-order valence-electron chi connectivity index (χ3n) is 3.26. The maximum atomic E-state index is 11.9. The Kier molecular flexibility index (Phi) is 4.25. The Morgan fingerprint density at radius 1 is 1.12 bits per heavy atom. The number of benzene rings is 2. The van der Waals surface area contributed by atoms with Crippen molar-refractivity contribution in [3.05, 3.63) is 65.9 Å². The van der Waals surface area contributed by atoms with Gasteiger partial charge in [-0.2, -0.15) is 5.26 Å². The molecule has 0 bridgehead atoms. The molecule has 0 aliphatic carbocycles. The summed E-state index contributed by atoms with van der Waals surface area (Å²) >= 11 is 0. The highest BCUT2D eigenvalue weighted by molar-refractivity contribution is 5.96. The molecule has 0 saturated heterocycles. The van der Waals surface area contributed by atoms with Crippen molar-refractivity contribution in [2.75, 3.05) is 11.9 Å². The zero-order chi connectivity index (χ0) is 16.9. The molecule has 0 saturated carbocycles. The van der Waals surface area contributed by atoms with E-state index in [4.69, 9.17) is 14.4 Å². The highest BCUT2D eigenvalue weighted by atomic mass is 16.5. The number of ether oxygens (including phenoxy) is 1. The lowest BCUT2D eigenvalue weighted by Crippen LogP contribution is -2.20. The Balaban J connectivity index is 1.57. The van der Waals surface area contributed by atoms with E-state index >= 15 is 0 Å². The van der Waals surface area contributed by atoms with Crippen molar-refractivity contribution < 1.29 is 18.7 Å². The topological polar surface area (TPSA) is 92.3 Å². The number of fused-ring (bicyclic) bond motifs is 1. The van der Waals surface area contributed by atoms with Crippen LogP contribution in [-0.2, 0) is 9.53 Å². The van der Waals surface area contributed by atoms with Crippen molar-refractivity contribution in [3.8, 4) is 6.07 Å². The van der Waals surface area contributed by atoms with Crippen molar-refractivity contribution in [2.45, 2.75) is 0 Å². The summed E-state index contributed by atoms with van der Waals surface area (Å²) in [4.78, 5) is 23.7. The van der Waals surface area contributed by atoms with E-state index in [9.17, 15) is 9.59 Å². The molecule has 0 unspecified atom stereocenters. The SMILES string of the molecule is N#Cc1ccc(NC(=O)COC(=O)c2cc3ccccc3o2)cc1.